The van der Waals surface area contributed by atoms with E-state index in [2.05, 4.69) is 20.3 Å². The Labute approximate surface area is 102 Å². The van der Waals surface area contributed by atoms with Crippen LogP contribution < -0.4 is 10.2 Å². The molecule has 1 fully saturated rings. The zero-order valence-corrected chi connectivity index (χ0v) is 9.41. The number of azide groups is 1. The molecule has 0 atom stereocenters. The van der Waals surface area contributed by atoms with E-state index >= 15 is 0 Å². The molecular formula is C10H10N6O2. The van der Waals surface area contributed by atoms with E-state index in [9.17, 15) is 9.59 Å². The Balaban J connectivity index is 2.11. The van der Waals surface area contributed by atoms with Crippen LogP contribution in [-0.4, -0.2) is 23.5 Å². The molecule has 1 saturated heterocycles. The number of amides is 3. The van der Waals surface area contributed by atoms with Gasteiger partial charge < -0.3 is 0 Å². The number of aromatic nitrogens is 1. The number of hydrogen-bond donors (Lipinski definition) is 1. The molecule has 0 aromatic carbocycles. The second kappa shape index (κ2) is 5.15. The van der Waals surface area contributed by atoms with Crippen molar-refractivity contribution in [2.75, 3.05) is 11.4 Å². The molecule has 8 heteroatoms. The molecule has 0 spiro atoms. The summed E-state index contributed by atoms with van der Waals surface area (Å²) in [5, 5.41) is 5.63. The summed E-state index contributed by atoms with van der Waals surface area (Å²) in [4.78, 5) is 30.7. The third kappa shape index (κ3) is 2.55. The Morgan fingerprint density at radius 3 is 2.94 bits per heavy atom. The molecule has 18 heavy (non-hydrogen) atoms. The topological polar surface area (TPSA) is 111 Å². The van der Waals surface area contributed by atoms with Gasteiger partial charge in [-0.05, 0) is 17.2 Å². The maximum absolute atomic E-state index is 11.5. The summed E-state index contributed by atoms with van der Waals surface area (Å²) in [6.45, 7) is 0.530. The summed E-state index contributed by atoms with van der Waals surface area (Å²) < 4.78 is 0. The van der Waals surface area contributed by atoms with E-state index in [0.29, 0.717) is 12.4 Å². The molecule has 1 aliphatic rings. The van der Waals surface area contributed by atoms with Crippen molar-refractivity contribution < 1.29 is 9.59 Å². The zero-order chi connectivity index (χ0) is 13.0. The SMILES string of the molecule is [N-]=[N+]=NCc1ccc(N2CCC(=O)NC2=O)nc1. The zero-order valence-electron chi connectivity index (χ0n) is 9.41. The van der Waals surface area contributed by atoms with Crippen molar-refractivity contribution in [3.8, 4) is 0 Å². The highest BCUT2D eigenvalue weighted by Crippen LogP contribution is 2.14. The van der Waals surface area contributed by atoms with Gasteiger partial charge in [0.15, 0.2) is 0 Å². The number of urea groups is 1. The molecule has 1 aliphatic heterocycles. The number of anilines is 1. The first-order valence-corrected chi connectivity index (χ1v) is 5.28. The van der Waals surface area contributed by atoms with Crippen LogP contribution in [0.15, 0.2) is 23.4 Å². The minimum atomic E-state index is -0.471. The molecule has 2 heterocycles. The van der Waals surface area contributed by atoms with Crippen molar-refractivity contribution in [1.82, 2.24) is 10.3 Å². The van der Waals surface area contributed by atoms with Crippen LogP contribution in [0.5, 0.6) is 0 Å². The maximum atomic E-state index is 11.5. The van der Waals surface area contributed by atoms with Crippen LogP contribution in [0, 0.1) is 0 Å². The average Bonchev–Trinajstić information content (AvgIpc) is 2.37. The van der Waals surface area contributed by atoms with Crippen LogP contribution in [0.1, 0.15) is 12.0 Å². The highest BCUT2D eigenvalue weighted by molar-refractivity contribution is 6.05. The third-order valence-corrected chi connectivity index (χ3v) is 2.46. The number of nitrogens with zero attached hydrogens (tertiary/aromatic N) is 5. The highest BCUT2D eigenvalue weighted by atomic mass is 16.2. The van der Waals surface area contributed by atoms with E-state index in [0.717, 1.165) is 5.56 Å². The first kappa shape index (κ1) is 11.9. The predicted molar refractivity (Wildman–Crippen MR) is 62.6 cm³/mol. The van der Waals surface area contributed by atoms with E-state index in [-0.39, 0.29) is 18.9 Å². The van der Waals surface area contributed by atoms with Gasteiger partial charge in [0, 0.05) is 24.1 Å². The molecular weight excluding hydrogens is 236 g/mol. The van der Waals surface area contributed by atoms with Gasteiger partial charge in [0.1, 0.15) is 5.82 Å². The van der Waals surface area contributed by atoms with Crippen molar-refractivity contribution in [2.24, 2.45) is 5.11 Å². The normalized spacial score (nSPS) is 15.0. The van der Waals surface area contributed by atoms with Gasteiger partial charge in [0.05, 0.1) is 6.54 Å². The van der Waals surface area contributed by atoms with Crippen LogP contribution in [0.25, 0.3) is 10.4 Å². The van der Waals surface area contributed by atoms with Crippen LogP contribution in [0.4, 0.5) is 10.6 Å². The highest BCUT2D eigenvalue weighted by Gasteiger charge is 2.24. The monoisotopic (exact) mass is 246 g/mol. The lowest BCUT2D eigenvalue weighted by Crippen LogP contribution is -2.49. The molecule has 0 saturated carbocycles. The Morgan fingerprint density at radius 2 is 2.33 bits per heavy atom. The minimum absolute atomic E-state index is 0.217. The molecule has 3 amide bonds. The molecule has 1 aromatic rings. The quantitative estimate of drug-likeness (QED) is 0.493. The maximum Gasteiger partial charge on any atom is 0.329 e. The van der Waals surface area contributed by atoms with Gasteiger partial charge in [0.25, 0.3) is 0 Å². The van der Waals surface area contributed by atoms with Crippen LogP contribution in [0.3, 0.4) is 0 Å². The summed E-state index contributed by atoms with van der Waals surface area (Å²) in [6, 6.07) is 2.90. The van der Waals surface area contributed by atoms with Crippen molar-refractivity contribution in [3.63, 3.8) is 0 Å². The standard InChI is InChI=1S/C10H10N6O2/c11-15-13-6-7-1-2-8(12-5-7)16-4-3-9(17)14-10(16)18/h1-2,5H,3-4,6H2,(H,14,17,18). The molecule has 1 aromatic heterocycles. The molecule has 0 aliphatic carbocycles. The molecule has 8 nitrogen and oxygen atoms in total. The lowest BCUT2D eigenvalue weighted by Gasteiger charge is -2.25. The van der Waals surface area contributed by atoms with Gasteiger partial charge in [-0.15, -0.1) is 0 Å². The summed E-state index contributed by atoms with van der Waals surface area (Å²) in [6.07, 6.45) is 1.79. The van der Waals surface area contributed by atoms with Crippen LogP contribution in [0.2, 0.25) is 0 Å². The Morgan fingerprint density at radius 1 is 1.50 bits per heavy atom. The predicted octanol–water partition coefficient (Wildman–Crippen LogP) is 1.34. The Bertz CT molecular complexity index is 520. The fourth-order valence-corrected chi connectivity index (χ4v) is 1.57. The second-order valence-corrected chi connectivity index (χ2v) is 3.67. The van der Waals surface area contributed by atoms with Crippen molar-refractivity contribution in [3.05, 3.63) is 34.3 Å². The van der Waals surface area contributed by atoms with Crippen molar-refractivity contribution in [2.45, 2.75) is 13.0 Å². The van der Waals surface area contributed by atoms with E-state index in [1.54, 1.807) is 12.1 Å². The number of hydrogen-bond acceptors (Lipinski definition) is 4. The number of carbonyl (C=O) groups is 2. The largest absolute Gasteiger partial charge is 0.329 e. The lowest BCUT2D eigenvalue weighted by molar-refractivity contribution is -0.120. The number of rotatable bonds is 3. The fourth-order valence-electron chi connectivity index (χ4n) is 1.57. The van der Waals surface area contributed by atoms with Crippen LogP contribution in [-0.2, 0) is 11.3 Å². The summed E-state index contributed by atoms with van der Waals surface area (Å²) >= 11 is 0. The summed E-state index contributed by atoms with van der Waals surface area (Å²) in [5.41, 5.74) is 8.95. The fraction of sp³-hybridized carbons (Fsp3) is 0.300. The summed E-state index contributed by atoms with van der Waals surface area (Å²) in [5.74, 6) is 0.181. The molecule has 1 N–H and O–H groups in total. The van der Waals surface area contributed by atoms with Gasteiger partial charge >= 0.3 is 6.03 Å². The minimum Gasteiger partial charge on any atom is -0.278 e. The Kier molecular flexibility index (Phi) is 3.40. The lowest BCUT2D eigenvalue weighted by atomic mass is 10.2. The van der Waals surface area contributed by atoms with E-state index in [4.69, 9.17) is 5.53 Å². The van der Waals surface area contributed by atoms with Crippen molar-refractivity contribution >= 4 is 17.8 Å². The van der Waals surface area contributed by atoms with E-state index in [1.807, 2.05) is 0 Å². The van der Waals surface area contributed by atoms with Crippen LogP contribution >= 0.6 is 0 Å². The first-order chi connectivity index (χ1) is 8.70. The summed E-state index contributed by atoms with van der Waals surface area (Å²) in [7, 11) is 0. The Hall–Kier alpha value is -2.60. The number of carbonyl (C=O) groups excluding carboxylic acids is 2. The van der Waals surface area contributed by atoms with E-state index < -0.39 is 6.03 Å². The third-order valence-electron chi connectivity index (χ3n) is 2.46. The van der Waals surface area contributed by atoms with Gasteiger partial charge in [0.2, 0.25) is 5.91 Å². The average molecular weight is 246 g/mol. The molecule has 0 unspecified atom stereocenters. The molecule has 92 valence electrons. The number of pyridine rings is 1. The molecule has 0 radical (unpaired) electrons. The van der Waals surface area contributed by atoms with Gasteiger partial charge in [-0.25, -0.2) is 9.78 Å². The molecule has 0 bridgehead atoms. The van der Waals surface area contributed by atoms with Crippen molar-refractivity contribution in [1.29, 1.82) is 0 Å². The molecule has 2 rings (SSSR count). The van der Waals surface area contributed by atoms with Gasteiger partial charge in [-0.3, -0.25) is 15.0 Å². The number of imide groups is 1. The van der Waals surface area contributed by atoms with Gasteiger partial charge in [-0.1, -0.05) is 11.2 Å². The van der Waals surface area contributed by atoms with Gasteiger partial charge in [-0.2, -0.15) is 0 Å². The second-order valence-electron chi connectivity index (χ2n) is 3.67. The smallest absolute Gasteiger partial charge is 0.278 e. The first-order valence-electron chi connectivity index (χ1n) is 5.28. The van der Waals surface area contributed by atoms with E-state index in [1.165, 1.54) is 11.1 Å². The number of nitrogens with one attached hydrogen (secondary N) is 1.